The summed E-state index contributed by atoms with van der Waals surface area (Å²) in [6.07, 6.45) is 11.2. The second-order valence-corrected chi connectivity index (χ2v) is 18.4. The molecule has 9 heteroatoms. The van der Waals surface area contributed by atoms with Gasteiger partial charge in [-0.2, -0.15) is 0 Å². The van der Waals surface area contributed by atoms with Crippen LogP contribution in [0.3, 0.4) is 0 Å². The number of hydrogen-bond donors (Lipinski definition) is 0. The third-order valence-corrected chi connectivity index (χ3v) is 15.3. The van der Waals surface area contributed by atoms with E-state index in [1.807, 2.05) is 31.4 Å². The van der Waals surface area contributed by atoms with Crippen molar-refractivity contribution in [1.82, 2.24) is 0 Å². The van der Waals surface area contributed by atoms with E-state index in [0.29, 0.717) is 0 Å². The van der Waals surface area contributed by atoms with Gasteiger partial charge in [0.05, 0.1) is 19.0 Å². The Balaban J connectivity index is 4.39. The van der Waals surface area contributed by atoms with E-state index in [-0.39, 0.29) is 10.8 Å². The predicted octanol–water partition coefficient (Wildman–Crippen LogP) is 7.58. The fourth-order valence-corrected chi connectivity index (χ4v) is 11.7. The molecule has 4 nitrogen and oxygen atoms in total. The van der Waals surface area contributed by atoms with Crippen LogP contribution in [0.1, 0.15) is 106 Å². The normalized spacial score (nSPS) is 13.2. The molecule has 0 aliphatic heterocycles. The first-order valence-electron chi connectivity index (χ1n) is 14.5. The molecule has 0 rings (SSSR count). The molecule has 0 saturated carbocycles. The molecular formula is C26H58O4S3Si2. The first kappa shape index (κ1) is 36.3. The highest BCUT2D eigenvalue weighted by Gasteiger charge is 2.32. The van der Waals surface area contributed by atoms with Gasteiger partial charge >= 0.3 is 0 Å². The van der Waals surface area contributed by atoms with Gasteiger partial charge in [0, 0.05) is 37.9 Å². The van der Waals surface area contributed by atoms with Gasteiger partial charge in [0.2, 0.25) is 0 Å². The molecule has 212 valence electrons. The van der Waals surface area contributed by atoms with E-state index in [1.165, 1.54) is 37.8 Å². The van der Waals surface area contributed by atoms with Crippen molar-refractivity contribution in [1.29, 1.82) is 0 Å². The molecule has 0 amide bonds. The fraction of sp³-hybridized carbons (Fsp3) is 1.00. The lowest BCUT2D eigenvalue weighted by Crippen LogP contribution is -2.43. The minimum absolute atomic E-state index is 0.233. The Kier molecular flexibility index (Phi) is 26.6. The average molecular weight is 587 g/mol. The standard InChI is InChI=1S/C26H58O4S3Si2/c1-7-17-27-25(28-18-8-2,34-23-11-5)15-13-21-31-33-32-22-14-16-26(29-19-9-3,30-20-10-4)35-24-12-6/h7-24,34-35H2,1-6H3. The van der Waals surface area contributed by atoms with Crippen molar-refractivity contribution in [3.05, 3.63) is 0 Å². The molecule has 35 heavy (non-hydrogen) atoms. The van der Waals surface area contributed by atoms with Gasteiger partial charge < -0.3 is 18.9 Å². The molecule has 0 aliphatic rings. The maximum Gasteiger partial charge on any atom is 0.145 e. The van der Waals surface area contributed by atoms with E-state index in [1.54, 1.807) is 0 Å². The predicted molar refractivity (Wildman–Crippen MR) is 169 cm³/mol. The van der Waals surface area contributed by atoms with Crippen molar-refractivity contribution >= 4 is 50.5 Å². The van der Waals surface area contributed by atoms with Crippen LogP contribution in [0.25, 0.3) is 0 Å². The van der Waals surface area contributed by atoms with Gasteiger partial charge in [0.15, 0.2) is 0 Å². The van der Waals surface area contributed by atoms with Gasteiger partial charge in [0.1, 0.15) is 10.8 Å². The third kappa shape index (κ3) is 19.1. The summed E-state index contributed by atoms with van der Waals surface area (Å²) in [5.41, 5.74) is -0.466. The van der Waals surface area contributed by atoms with E-state index in [4.69, 9.17) is 18.9 Å². The largest absolute Gasteiger partial charge is 0.354 e. The Labute approximate surface area is 235 Å². The van der Waals surface area contributed by atoms with Crippen molar-refractivity contribution in [2.45, 2.75) is 129 Å². The van der Waals surface area contributed by atoms with Crippen molar-refractivity contribution in [2.24, 2.45) is 0 Å². The van der Waals surface area contributed by atoms with E-state index in [9.17, 15) is 0 Å². The van der Waals surface area contributed by atoms with Gasteiger partial charge in [-0.05, 0) is 61.2 Å². The molecule has 0 unspecified atom stereocenters. The van der Waals surface area contributed by atoms with E-state index in [0.717, 1.165) is 76.5 Å². The van der Waals surface area contributed by atoms with Crippen LogP contribution in [-0.4, -0.2) is 67.8 Å². The molecule has 0 spiro atoms. The lowest BCUT2D eigenvalue weighted by atomic mass is 10.3. The molecule has 0 aromatic heterocycles. The van der Waals surface area contributed by atoms with E-state index in [2.05, 4.69) is 41.5 Å². The van der Waals surface area contributed by atoms with Gasteiger partial charge in [-0.3, -0.25) is 0 Å². The SMILES string of the molecule is CCCOC(CCCSSSCCCC(OCCC)(OCCC)[SiH2]CCC)(OCCC)[SiH2]CCC. The summed E-state index contributed by atoms with van der Waals surface area (Å²) in [4.78, 5) is 0. The molecule has 0 aromatic rings. The molecule has 0 heterocycles. The van der Waals surface area contributed by atoms with Crippen LogP contribution in [0.4, 0.5) is 0 Å². The molecule has 0 bridgehead atoms. The molecule has 0 aromatic carbocycles. The summed E-state index contributed by atoms with van der Waals surface area (Å²) >= 11 is 0. The van der Waals surface area contributed by atoms with Crippen LogP contribution in [0.5, 0.6) is 0 Å². The second-order valence-electron chi connectivity index (χ2n) is 9.34. The summed E-state index contributed by atoms with van der Waals surface area (Å²) in [6, 6.07) is 2.61. The first-order chi connectivity index (χ1) is 17.1. The highest BCUT2D eigenvalue weighted by atomic mass is 33.5. The fourth-order valence-electron chi connectivity index (χ4n) is 3.86. The maximum absolute atomic E-state index is 6.36. The number of hydrogen-bond acceptors (Lipinski definition) is 7. The lowest BCUT2D eigenvalue weighted by molar-refractivity contribution is -0.185. The van der Waals surface area contributed by atoms with E-state index >= 15 is 0 Å². The molecule has 0 N–H and O–H groups in total. The second kappa shape index (κ2) is 25.6. The van der Waals surface area contributed by atoms with E-state index < -0.39 is 19.0 Å². The molecular weight excluding hydrogens is 529 g/mol. The third-order valence-electron chi connectivity index (χ3n) is 5.77. The summed E-state index contributed by atoms with van der Waals surface area (Å²) in [5.74, 6) is 2.33. The minimum Gasteiger partial charge on any atom is -0.354 e. The minimum atomic E-state index is -0.392. The molecule has 0 aliphatic carbocycles. The highest BCUT2D eigenvalue weighted by molar-refractivity contribution is 9.09. The van der Waals surface area contributed by atoms with Crippen LogP contribution in [0.2, 0.25) is 12.1 Å². The quantitative estimate of drug-likeness (QED) is 0.0405. The summed E-state index contributed by atoms with van der Waals surface area (Å²) in [5, 5.41) is 0. The summed E-state index contributed by atoms with van der Waals surface area (Å²) in [6.45, 7) is 16.6. The van der Waals surface area contributed by atoms with Gasteiger partial charge in [-0.15, -0.1) is 0 Å². The summed E-state index contributed by atoms with van der Waals surface area (Å²) < 4.78 is 25.4. The topological polar surface area (TPSA) is 36.9 Å². The smallest absolute Gasteiger partial charge is 0.145 e. The molecule has 0 saturated heterocycles. The van der Waals surface area contributed by atoms with Crippen molar-refractivity contribution < 1.29 is 18.9 Å². The van der Waals surface area contributed by atoms with Crippen LogP contribution in [0.15, 0.2) is 0 Å². The molecule has 0 fully saturated rings. The Morgan fingerprint density at radius 2 is 0.857 bits per heavy atom. The van der Waals surface area contributed by atoms with Crippen LogP contribution in [-0.2, 0) is 18.9 Å². The van der Waals surface area contributed by atoms with Crippen LogP contribution < -0.4 is 0 Å². The average Bonchev–Trinajstić information content (AvgIpc) is 2.88. The molecule has 0 radical (unpaired) electrons. The lowest BCUT2D eigenvalue weighted by Gasteiger charge is -2.34. The van der Waals surface area contributed by atoms with Crippen molar-refractivity contribution in [3.8, 4) is 0 Å². The van der Waals surface area contributed by atoms with Gasteiger partial charge in [-0.1, -0.05) is 88.1 Å². The zero-order valence-corrected chi connectivity index (χ0v) is 29.3. The summed E-state index contributed by atoms with van der Waals surface area (Å²) in [7, 11) is 5.16. The maximum atomic E-state index is 6.36. The Morgan fingerprint density at radius 1 is 0.514 bits per heavy atom. The molecule has 0 atom stereocenters. The number of ether oxygens (including phenoxy) is 4. The van der Waals surface area contributed by atoms with Gasteiger partial charge in [0.25, 0.3) is 0 Å². The van der Waals surface area contributed by atoms with Crippen LogP contribution in [0, 0.1) is 0 Å². The zero-order chi connectivity index (χ0) is 26.1. The Hall–Kier alpha value is 1.32. The van der Waals surface area contributed by atoms with Crippen molar-refractivity contribution in [2.75, 3.05) is 37.9 Å². The Bertz CT molecular complexity index is 369. The zero-order valence-electron chi connectivity index (χ0n) is 24.0. The highest BCUT2D eigenvalue weighted by Crippen LogP contribution is 2.37. The Morgan fingerprint density at radius 3 is 1.14 bits per heavy atom. The monoisotopic (exact) mass is 586 g/mol. The first-order valence-corrected chi connectivity index (χ1v) is 21.8. The van der Waals surface area contributed by atoms with Crippen molar-refractivity contribution in [3.63, 3.8) is 0 Å². The van der Waals surface area contributed by atoms with Crippen LogP contribution >= 0.6 is 31.4 Å². The van der Waals surface area contributed by atoms with Gasteiger partial charge in [-0.25, -0.2) is 0 Å². The number of rotatable bonds is 28.